The zero-order valence-electron chi connectivity index (χ0n) is 12.1. The minimum absolute atomic E-state index is 0.103. The van der Waals surface area contributed by atoms with Gasteiger partial charge in [-0.3, -0.25) is 4.98 Å². The van der Waals surface area contributed by atoms with Crippen molar-refractivity contribution in [3.63, 3.8) is 0 Å². The highest BCUT2D eigenvalue weighted by molar-refractivity contribution is 6.30. The van der Waals surface area contributed by atoms with E-state index in [9.17, 15) is 4.39 Å². The summed E-state index contributed by atoms with van der Waals surface area (Å²) in [7, 11) is 0. The molecule has 1 aromatic heterocycles. The lowest BCUT2D eigenvalue weighted by Gasteiger charge is -2.12. The summed E-state index contributed by atoms with van der Waals surface area (Å²) >= 11 is 5.76. The number of nitrogens with zero attached hydrogens (tertiary/aromatic N) is 1. The first-order valence-electron chi connectivity index (χ1n) is 6.84. The van der Waals surface area contributed by atoms with Crippen LogP contribution >= 0.6 is 11.6 Å². The van der Waals surface area contributed by atoms with Gasteiger partial charge in [0.25, 0.3) is 0 Å². The monoisotopic (exact) mass is 308 g/mol. The van der Waals surface area contributed by atoms with E-state index in [4.69, 9.17) is 16.3 Å². The Balaban J connectivity index is 2.09. The highest BCUT2D eigenvalue weighted by atomic mass is 35.5. The number of aryl methyl sites for hydroxylation is 1. The van der Waals surface area contributed by atoms with Gasteiger partial charge in [0, 0.05) is 12.2 Å². The number of hydrogen-bond acceptors (Lipinski definition) is 3. The van der Waals surface area contributed by atoms with Gasteiger partial charge in [0.05, 0.1) is 10.7 Å². The van der Waals surface area contributed by atoms with Gasteiger partial charge < -0.3 is 10.1 Å². The van der Waals surface area contributed by atoms with Gasteiger partial charge in [0.1, 0.15) is 18.2 Å². The molecule has 0 aliphatic carbocycles. The first-order valence-corrected chi connectivity index (χ1v) is 7.22. The molecule has 112 valence electrons. The van der Waals surface area contributed by atoms with E-state index >= 15 is 0 Å². The van der Waals surface area contributed by atoms with E-state index in [2.05, 4.69) is 10.3 Å². The number of nitrogens with one attached hydrogen (secondary N) is 1. The highest BCUT2D eigenvalue weighted by Crippen LogP contribution is 2.20. The Bertz CT molecular complexity index is 619. The lowest BCUT2D eigenvalue weighted by atomic mass is 10.2. The molecule has 0 aliphatic heterocycles. The van der Waals surface area contributed by atoms with Gasteiger partial charge in [-0.2, -0.15) is 0 Å². The molecule has 1 N–H and O–H groups in total. The zero-order valence-corrected chi connectivity index (χ0v) is 12.9. The molecule has 0 aliphatic rings. The molecule has 1 heterocycles. The molecule has 21 heavy (non-hydrogen) atoms. The number of ether oxygens (including phenoxy) is 1. The lowest BCUT2D eigenvalue weighted by molar-refractivity contribution is 0.300. The van der Waals surface area contributed by atoms with Gasteiger partial charge in [0.15, 0.2) is 0 Å². The van der Waals surface area contributed by atoms with Gasteiger partial charge in [-0.05, 0) is 43.3 Å². The van der Waals surface area contributed by atoms with Crippen LogP contribution in [0.5, 0.6) is 5.75 Å². The van der Waals surface area contributed by atoms with Gasteiger partial charge >= 0.3 is 0 Å². The number of rotatable bonds is 6. The van der Waals surface area contributed by atoms with Crippen molar-refractivity contribution in [3.05, 3.63) is 58.1 Å². The van der Waals surface area contributed by atoms with E-state index < -0.39 is 5.82 Å². The standard InChI is InChI=1S/C16H18ClFN2O/c1-3-19-9-15-16(7-4-11(2)20-15)21-10-12-5-6-14(18)13(17)8-12/h4-8,19H,3,9-10H2,1-2H3. The molecule has 2 rings (SSSR count). The molecule has 2 aromatic rings. The van der Waals surface area contributed by atoms with Crippen LogP contribution in [0, 0.1) is 12.7 Å². The van der Waals surface area contributed by atoms with Crippen molar-refractivity contribution in [2.75, 3.05) is 6.54 Å². The molecule has 0 amide bonds. The molecule has 0 unspecified atom stereocenters. The number of hydrogen-bond donors (Lipinski definition) is 1. The van der Waals surface area contributed by atoms with Crippen LogP contribution in [0.3, 0.4) is 0 Å². The first-order chi connectivity index (χ1) is 10.1. The van der Waals surface area contributed by atoms with E-state index in [-0.39, 0.29) is 5.02 Å². The summed E-state index contributed by atoms with van der Waals surface area (Å²) in [6.45, 7) is 5.82. The van der Waals surface area contributed by atoms with E-state index in [0.717, 1.165) is 29.2 Å². The average molecular weight is 309 g/mol. The predicted octanol–water partition coefficient (Wildman–Crippen LogP) is 3.87. The third-order valence-electron chi connectivity index (χ3n) is 2.99. The van der Waals surface area contributed by atoms with Crippen LogP contribution in [0.2, 0.25) is 5.02 Å². The summed E-state index contributed by atoms with van der Waals surface area (Å²) in [5, 5.41) is 3.34. The Kier molecular flexibility index (Phi) is 5.53. The Morgan fingerprint density at radius 1 is 1.29 bits per heavy atom. The van der Waals surface area contributed by atoms with Crippen LogP contribution in [0.15, 0.2) is 30.3 Å². The maximum Gasteiger partial charge on any atom is 0.142 e. The fourth-order valence-corrected chi connectivity index (χ4v) is 2.09. The SMILES string of the molecule is CCNCc1nc(C)ccc1OCc1ccc(F)c(Cl)c1. The molecule has 0 bridgehead atoms. The van der Waals surface area contributed by atoms with E-state index in [1.54, 1.807) is 12.1 Å². The van der Waals surface area contributed by atoms with Crippen LogP contribution < -0.4 is 10.1 Å². The van der Waals surface area contributed by atoms with Crippen molar-refractivity contribution >= 4 is 11.6 Å². The van der Waals surface area contributed by atoms with Crippen molar-refractivity contribution in [2.24, 2.45) is 0 Å². The maximum atomic E-state index is 13.1. The largest absolute Gasteiger partial charge is 0.487 e. The second-order valence-corrected chi connectivity index (χ2v) is 5.12. The summed E-state index contributed by atoms with van der Waals surface area (Å²) in [6.07, 6.45) is 0. The van der Waals surface area contributed by atoms with Gasteiger partial charge in [0.2, 0.25) is 0 Å². The van der Waals surface area contributed by atoms with Gasteiger partial charge in [-0.25, -0.2) is 4.39 Å². The van der Waals surface area contributed by atoms with Crippen molar-refractivity contribution in [2.45, 2.75) is 27.0 Å². The molecular formula is C16H18ClFN2O. The van der Waals surface area contributed by atoms with Gasteiger partial charge in [-0.1, -0.05) is 24.6 Å². The van der Waals surface area contributed by atoms with E-state index in [0.29, 0.717) is 13.2 Å². The highest BCUT2D eigenvalue weighted by Gasteiger charge is 2.07. The van der Waals surface area contributed by atoms with Crippen molar-refractivity contribution in [1.82, 2.24) is 10.3 Å². The fourth-order valence-electron chi connectivity index (χ4n) is 1.89. The number of pyridine rings is 1. The maximum absolute atomic E-state index is 13.1. The molecule has 0 saturated heterocycles. The zero-order chi connectivity index (χ0) is 15.2. The van der Waals surface area contributed by atoms with Crippen LogP contribution in [0.1, 0.15) is 23.9 Å². The van der Waals surface area contributed by atoms with Crippen molar-refractivity contribution < 1.29 is 9.13 Å². The molecule has 5 heteroatoms. The van der Waals surface area contributed by atoms with Crippen LogP contribution in [0.25, 0.3) is 0 Å². The average Bonchev–Trinajstić information content (AvgIpc) is 2.47. The summed E-state index contributed by atoms with van der Waals surface area (Å²) in [4.78, 5) is 4.48. The van der Waals surface area contributed by atoms with Crippen molar-refractivity contribution in [3.8, 4) is 5.75 Å². The second-order valence-electron chi connectivity index (χ2n) is 4.71. The molecule has 3 nitrogen and oxygen atoms in total. The molecular weight excluding hydrogens is 291 g/mol. The third kappa shape index (κ3) is 4.41. The molecule has 0 fully saturated rings. The minimum atomic E-state index is -0.426. The summed E-state index contributed by atoms with van der Waals surface area (Å²) in [6, 6.07) is 8.38. The minimum Gasteiger partial charge on any atom is -0.487 e. The summed E-state index contributed by atoms with van der Waals surface area (Å²) in [5.74, 6) is 0.298. The summed E-state index contributed by atoms with van der Waals surface area (Å²) in [5.41, 5.74) is 2.63. The number of benzene rings is 1. The molecule has 0 atom stereocenters. The van der Waals surface area contributed by atoms with Crippen molar-refractivity contribution in [1.29, 1.82) is 0 Å². The lowest BCUT2D eigenvalue weighted by Crippen LogP contribution is -2.14. The number of halogens is 2. The normalized spacial score (nSPS) is 10.7. The van der Waals surface area contributed by atoms with Crippen LogP contribution in [-0.4, -0.2) is 11.5 Å². The fraction of sp³-hybridized carbons (Fsp3) is 0.312. The van der Waals surface area contributed by atoms with Crippen LogP contribution in [0.4, 0.5) is 4.39 Å². The second kappa shape index (κ2) is 7.38. The Labute approximate surface area is 129 Å². The molecule has 0 radical (unpaired) electrons. The first kappa shape index (κ1) is 15.7. The molecule has 1 aromatic carbocycles. The number of aromatic nitrogens is 1. The quantitative estimate of drug-likeness (QED) is 0.879. The smallest absolute Gasteiger partial charge is 0.142 e. The third-order valence-corrected chi connectivity index (χ3v) is 3.28. The summed E-state index contributed by atoms with van der Waals surface area (Å²) < 4.78 is 18.9. The Morgan fingerprint density at radius 3 is 2.81 bits per heavy atom. The van der Waals surface area contributed by atoms with E-state index in [1.165, 1.54) is 6.07 Å². The van der Waals surface area contributed by atoms with Crippen LogP contribution in [-0.2, 0) is 13.2 Å². The molecule has 0 spiro atoms. The Hall–Kier alpha value is -1.65. The van der Waals surface area contributed by atoms with Gasteiger partial charge in [-0.15, -0.1) is 0 Å². The van der Waals surface area contributed by atoms with E-state index in [1.807, 2.05) is 26.0 Å². The topological polar surface area (TPSA) is 34.2 Å². The molecule has 0 saturated carbocycles. The predicted molar refractivity (Wildman–Crippen MR) is 82.1 cm³/mol. The Morgan fingerprint density at radius 2 is 2.10 bits per heavy atom.